The molecule has 1 aliphatic heterocycles. The molecule has 1 fully saturated rings. The lowest BCUT2D eigenvalue weighted by atomic mass is 9.95. The SMILES string of the molecule is CC(C)OC(=O)[C@H](C)N[P@](=O)(OC[C@]1(C#N)O[C@@H](c2ccc3c(N)ncnn23)[C@H](OC(=O)C(N)C(C)C)[C@@H]1OC(=O)C(N)C(C)C)Oc1ccccc1. The van der Waals surface area contributed by atoms with Crippen LogP contribution in [0.2, 0.25) is 0 Å². The van der Waals surface area contributed by atoms with Crippen LogP contribution in [-0.4, -0.2) is 81.2 Å². The quantitative estimate of drug-likeness (QED) is 0.0928. The molecule has 8 atom stereocenters. The van der Waals surface area contributed by atoms with E-state index in [1.807, 2.05) is 6.07 Å². The maximum Gasteiger partial charge on any atom is 0.459 e. The maximum absolute atomic E-state index is 14.5. The standard InChI is InChI=1S/C34H47N8O10P/c1-18(2)25(36)32(44)49-28-27(23-13-14-24-30(38)39-17-40-42(23)24)51-34(15-35,29(28)50-33(45)26(37)19(3)4)16-47-53(46,52-22-11-9-8-10-12-22)41-21(7)31(43)48-20(5)6/h8-14,17-21,25-29H,16,36-37H2,1-7H3,(H,41,46)(H2,38,39,40)/t21-,25?,26?,27-,28-,29-,34-,53-/m0/s1. The summed E-state index contributed by atoms with van der Waals surface area (Å²) in [4.78, 5) is 43.8. The van der Waals surface area contributed by atoms with E-state index in [1.165, 1.54) is 29.9 Å². The second-order valence-electron chi connectivity index (χ2n) is 13.6. The molecule has 1 aromatic carbocycles. The Morgan fingerprint density at radius 2 is 1.60 bits per heavy atom. The van der Waals surface area contributed by atoms with E-state index in [-0.39, 0.29) is 23.2 Å². The summed E-state index contributed by atoms with van der Waals surface area (Å²) in [6.45, 7) is 10.5. The third-order valence-corrected chi connectivity index (χ3v) is 9.96. The van der Waals surface area contributed by atoms with E-state index < -0.39 is 86.3 Å². The zero-order valence-electron chi connectivity index (χ0n) is 30.6. The van der Waals surface area contributed by atoms with Gasteiger partial charge in [-0.05, 0) is 56.9 Å². The first kappa shape index (κ1) is 41.1. The molecular weight excluding hydrogens is 711 g/mol. The average molecular weight is 759 g/mol. The number of anilines is 1. The number of nitrogens with one attached hydrogen (secondary N) is 1. The number of fused-ring (bicyclic) bond motifs is 1. The van der Waals surface area contributed by atoms with Crippen molar-refractivity contribution in [3.8, 4) is 11.8 Å². The van der Waals surface area contributed by atoms with Gasteiger partial charge in [0.2, 0.25) is 5.60 Å². The topological polar surface area (TPSA) is 268 Å². The van der Waals surface area contributed by atoms with Crippen LogP contribution >= 0.6 is 7.75 Å². The zero-order chi connectivity index (χ0) is 39.2. The molecule has 0 radical (unpaired) electrons. The average Bonchev–Trinajstić information content (AvgIpc) is 3.66. The molecule has 2 unspecified atom stereocenters. The van der Waals surface area contributed by atoms with Gasteiger partial charge in [0.1, 0.15) is 54.5 Å². The Kier molecular flexibility index (Phi) is 13.2. The molecule has 0 spiro atoms. The minimum absolute atomic E-state index is 0.0845. The molecule has 1 saturated heterocycles. The lowest BCUT2D eigenvalue weighted by Crippen LogP contribution is -2.53. The summed E-state index contributed by atoms with van der Waals surface area (Å²) in [6.07, 6.45) is -4.04. The predicted molar refractivity (Wildman–Crippen MR) is 189 cm³/mol. The summed E-state index contributed by atoms with van der Waals surface area (Å²) in [6, 6.07) is 9.50. The van der Waals surface area contributed by atoms with Gasteiger partial charge in [-0.3, -0.25) is 18.9 Å². The summed E-state index contributed by atoms with van der Waals surface area (Å²) in [5.74, 6) is -3.21. The van der Waals surface area contributed by atoms with E-state index in [9.17, 15) is 24.2 Å². The molecule has 3 aromatic rings. The molecule has 288 valence electrons. The van der Waals surface area contributed by atoms with Crippen LogP contribution in [-0.2, 0) is 42.4 Å². The molecule has 7 N–H and O–H groups in total. The molecule has 18 nitrogen and oxygen atoms in total. The highest BCUT2D eigenvalue weighted by molar-refractivity contribution is 7.52. The van der Waals surface area contributed by atoms with Crippen molar-refractivity contribution >= 4 is 37.0 Å². The lowest BCUT2D eigenvalue weighted by molar-refractivity contribution is -0.172. The molecule has 0 saturated carbocycles. The Bertz CT molecular complexity index is 1850. The van der Waals surface area contributed by atoms with Crippen molar-refractivity contribution in [2.45, 2.75) is 96.6 Å². The first-order chi connectivity index (χ1) is 24.9. The number of hydrogen-bond acceptors (Lipinski definition) is 16. The smallest absolute Gasteiger partial charge is 0.459 e. The van der Waals surface area contributed by atoms with Crippen LogP contribution in [0.1, 0.15) is 60.3 Å². The van der Waals surface area contributed by atoms with Gasteiger partial charge >= 0.3 is 25.7 Å². The summed E-state index contributed by atoms with van der Waals surface area (Å²) in [5.41, 5.74) is 16.6. The van der Waals surface area contributed by atoms with Gasteiger partial charge in [0.15, 0.2) is 18.0 Å². The van der Waals surface area contributed by atoms with E-state index in [1.54, 1.807) is 71.9 Å². The largest absolute Gasteiger partial charge is 0.462 e. The number of nitrogens with zero attached hydrogens (tertiary/aromatic N) is 4. The van der Waals surface area contributed by atoms with Gasteiger partial charge in [-0.15, -0.1) is 0 Å². The Morgan fingerprint density at radius 1 is 0.981 bits per heavy atom. The van der Waals surface area contributed by atoms with E-state index in [4.69, 9.17) is 45.2 Å². The van der Waals surface area contributed by atoms with E-state index in [2.05, 4.69) is 15.2 Å². The van der Waals surface area contributed by atoms with Crippen LogP contribution in [0.15, 0.2) is 48.8 Å². The van der Waals surface area contributed by atoms with Crippen LogP contribution in [0.5, 0.6) is 5.75 Å². The van der Waals surface area contributed by atoms with Crippen molar-refractivity contribution in [2.75, 3.05) is 12.3 Å². The molecule has 2 aromatic heterocycles. The first-order valence-corrected chi connectivity index (χ1v) is 18.5. The number of para-hydroxylation sites is 1. The van der Waals surface area contributed by atoms with E-state index in [0.29, 0.717) is 5.52 Å². The van der Waals surface area contributed by atoms with Crippen LogP contribution in [0, 0.1) is 23.2 Å². The Hall–Kier alpha value is -4.63. The van der Waals surface area contributed by atoms with Gasteiger partial charge in [0.25, 0.3) is 0 Å². The van der Waals surface area contributed by atoms with Crippen molar-refractivity contribution in [1.29, 1.82) is 5.26 Å². The lowest BCUT2D eigenvalue weighted by Gasteiger charge is -2.31. The molecule has 0 amide bonds. The van der Waals surface area contributed by atoms with E-state index >= 15 is 0 Å². The monoisotopic (exact) mass is 758 g/mol. The Morgan fingerprint density at radius 3 is 2.19 bits per heavy atom. The fourth-order valence-corrected chi connectivity index (χ4v) is 6.72. The second-order valence-corrected chi connectivity index (χ2v) is 15.2. The molecule has 0 aliphatic carbocycles. The molecule has 0 bridgehead atoms. The fourth-order valence-electron chi connectivity index (χ4n) is 5.20. The molecule has 19 heteroatoms. The summed E-state index contributed by atoms with van der Waals surface area (Å²) in [5, 5.41) is 17.7. The number of benzene rings is 1. The summed E-state index contributed by atoms with van der Waals surface area (Å²) in [7, 11) is -4.62. The van der Waals surface area contributed by atoms with Crippen molar-refractivity contribution < 1.29 is 46.9 Å². The Labute approximate surface area is 307 Å². The third kappa shape index (κ3) is 9.49. The van der Waals surface area contributed by atoms with Crippen molar-refractivity contribution in [1.82, 2.24) is 19.7 Å². The molecule has 1 aliphatic rings. The van der Waals surface area contributed by atoms with Crippen molar-refractivity contribution in [2.24, 2.45) is 23.3 Å². The molecule has 3 heterocycles. The summed E-state index contributed by atoms with van der Waals surface area (Å²) >= 11 is 0. The van der Waals surface area contributed by atoms with Crippen LogP contribution < -0.4 is 26.8 Å². The number of nitrogens with two attached hydrogens (primary N) is 3. The number of hydrogen-bond donors (Lipinski definition) is 4. The molecular formula is C34H47N8O10P. The number of aromatic nitrogens is 3. The normalized spacial score (nSPS) is 22.9. The zero-order valence-corrected chi connectivity index (χ0v) is 31.5. The predicted octanol–water partition coefficient (Wildman–Crippen LogP) is 2.57. The highest BCUT2D eigenvalue weighted by Crippen LogP contribution is 2.50. The third-order valence-electron chi connectivity index (χ3n) is 8.34. The maximum atomic E-state index is 14.5. The minimum Gasteiger partial charge on any atom is -0.462 e. The number of carbonyl (C=O) groups excluding carboxylic acids is 3. The van der Waals surface area contributed by atoms with Crippen LogP contribution in [0.3, 0.4) is 0 Å². The van der Waals surface area contributed by atoms with Gasteiger partial charge in [-0.25, -0.2) is 14.1 Å². The van der Waals surface area contributed by atoms with Gasteiger partial charge in [0.05, 0.1) is 11.8 Å². The number of nitrogen functional groups attached to an aromatic ring is 1. The van der Waals surface area contributed by atoms with Crippen molar-refractivity contribution in [3.05, 3.63) is 54.5 Å². The number of nitriles is 1. The van der Waals surface area contributed by atoms with Crippen LogP contribution in [0.25, 0.3) is 5.52 Å². The number of ether oxygens (including phenoxy) is 4. The minimum atomic E-state index is -4.62. The second kappa shape index (κ2) is 17.0. The fraction of sp³-hybridized carbons (Fsp3) is 0.529. The van der Waals surface area contributed by atoms with Gasteiger partial charge < -0.3 is 40.7 Å². The summed E-state index contributed by atoms with van der Waals surface area (Å²) < 4.78 is 51.0. The highest BCUT2D eigenvalue weighted by Gasteiger charge is 2.62. The first-order valence-electron chi connectivity index (χ1n) is 17.0. The highest BCUT2D eigenvalue weighted by atomic mass is 31.2. The van der Waals surface area contributed by atoms with Gasteiger partial charge in [0, 0.05) is 0 Å². The Balaban J connectivity index is 1.84. The van der Waals surface area contributed by atoms with Crippen LogP contribution in [0.4, 0.5) is 5.82 Å². The number of rotatable bonds is 16. The van der Waals surface area contributed by atoms with Crippen molar-refractivity contribution in [3.63, 3.8) is 0 Å². The molecule has 4 rings (SSSR count). The van der Waals surface area contributed by atoms with Gasteiger partial charge in [-0.1, -0.05) is 45.9 Å². The van der Waals surface area contributed by atoms with Gasteiger partial charge in [-0.2, -0.15) is 15.4 Å². The number of carbonyl (C=O) groups is 3. The number of esters is 3. The van der Waals surface area contributed by atoms with E-state index in [0.717, 1.165) is 0 Å². The molecule has 53 heavy (non-hydrogen) atoms.